The van der Waals surface area contributed by atoms with Crippen molar-refractivity contribution in [3.63, 3.8) is 0 Å². The molecule has 1 saturated carbocycles. The second kappa shape index (κ2) is 9.42. The summed E-state index contributed by atoms with van der Waals surface area (Å²) in [6.45, 7) is 4.93. The zero-order valence-corrected chi connectivity index (χ0v) is 21.8. The number of hydrogen-bond acceptors (Lipinski definition) is 8. The van der Waals surface area contributed by atoms with Crippen LogP contribution in [0.4, 0.5) is 4.39 Å². The monoisotopic (exact) mass is 529 g/mol. The smallest absolute Gasteiger partial charge is 0.261 e. The van der Waals surface area contributed by atoms with Crippen LogP contribution >= 0.6 is 0 Å². The molecule has 10 nitrogen and oxygen atoms in total. The van der Waals surface area contributed by atoms with Gasteiger partial charge in [-0.1, -0.05) is 0 Å². The average Bonchev–Trinajstić information content (AvgIpc) is 3.28. The van der Waals surface area contributed by atoms with Gasteiger partial charge in [0, 0.05) is 54.5 Å². The molecule has 3 aromatic heterocycles. The van der Waals surface area contributed by atoms with E-state index < -0.39 is 5.54 Å². The van der Waals surface area contributed by atoms with Crippen molar-refractivity contribution in [2.45, 2.75) is 25.5 Å². The number of ether oxygens (including phenoxy) is 2. The largest absolute Gasteiger partial charge is 0.479 e. The quantitative estimate of drug-likeness (QED) is 0.387. The van der Waals surface area contributed by atoms with Crippen LogP contribution in [0.25, 0.3) is 17.2 Å². The minimum absolute atomic E-state index is 0.0545. The molecule has 0 unspecified atom stereocenters. The highest BCUT2D eigenvalue weighted by atomic mass is 19.1. The number of likely N-dealkylation sites (tertiary alicyclic amines) is 1. The van der Waals surface area contributed by atoms with Crippen molar-refractivity contribution >= 4 is 5.91 Å². The third-order valence-corrected chi connectivity index (χ3v) is 7.21. The van der Waals surface area contributed by atoms with Crippen molar-refractivity contribution in [1.82, 2.24) is 29.6 Å². The predicted molar refractivity (Wildman–Crippen MR) is 140 cm³/mol. The Morgan fingerprint density at radius 2 is 1.79 bits per heavy atom. The number of amides is 1. The molecular weight excluding hydrogens is 501 g/mol. The molecule has 1 aromatic carbocycles. The molecule has 4 aromatic rings. The maximum Gasteiger partial charge on any atom is 0.261 e. The van der Waals surface area contributed by atoms with Crippen LogP contribution in [0.15, 0.2) is 61.1 Å². The summed E-state index contributed by atoms with van der Waals surface area (Å²) in [5.74, 6) is 0.949. The van der Waals surface area contributed by atoms with Crippen LogP contribution in [0, 0.1) is 17.7 Å². The molecule has 1 aliphatic carbocycles. The lowest BCUT2D eigenvalue weighted by molar-refractivity contribution is 0.0748. The fourth-order valence-corrected chi connectivity index (χ4v) is 5.00. The zero-order chi connectivity index (χ0) is 27.3. The van der Waals surface area contributed by atoms with Crippen LogP contribution in [0.2, 0.25) is 0 Å². The third-order valence-electron chi connectivity index (χ3n) is 7.21. The molecule has 200 valence electrons. The number of nitrogens with two attached hydrogens (primary N) is 1. The van der Waals surface area contributed by atoms with Gasteiger partial charge in [-0.05, 0) is 55.8 Å². The SMILES string of the molecule is COc1nn(-c2ncccn2)cc1C(=O)N1C[C@@H]2[C@H](C1)[C@H]2Oc1cc(C(C)(C)N)cc(-c2ccc(F)cc2)n1. The molecule has 1 aliphatic heterocycles. The van der Waals surface area contributed by atoms with E-state index in [9.17, 15) is 9.18 Å². The Hall–Kier alpha value is -4.38. The predicted octanol–water partition coefficient (Wildman–Crippen LogP) is 3.22. The summed E-state index contributed by atoms with van der Waals surface area (Å²) in [6, 6.07) is 11.6. The van der Waals surface area contributed by atoms with Crippen molar-refractivity contribution in [2.75, 3.05) is 20.2 Å². The van der Waals surface area contributed by atoms with Gasteiger partial charge in [0.2, 0.25) is 11.8 Å². The molecule has 2 aliphatic rings. The first-order valence-corrected chi connectivity index (χ1v) is 12.7. The Labute approximate surface area is 224 Å². The molecule has 2 N–H and O–H groups in total. The second-order valence-electron chi connectivity index (χ2n) is 10.5. The van der Waals surface area contributed by atoms with Crippen LogP contribution in [0.3, 0.4) is 0 Å². The number of carbonyl (C=O) groups is 1. The van der Waals surface area contributed by atoms with Gasteiger partial charge in [0.1, 0.15) is 17.5 Å². The summed E-state index contributed by atoms with van der Waals surface area (Å²) in [6.07, 6.45) is 4.75. The molecule has 0 radical (unpaired) electrons. The Balaban J connectivity index is 1.17. The average molecular weight is 530 g/mol. The van der Waals surface area contributed by atoms with Gasteiger partial charge in [0.05, 0.1) is 19.0 Å². The fourth-order valence-electron chi connectivity index (χ4n) is 5.00. The number of halogens is 1. The van der Waals surface area contributed by atoms with Crippen molar-refractivity contribution in [1.29, 1.82) is 0 Å². The molecule has 1 saturated heterocycles. The highest BCUT2D eigenvalue weighted by Gasteiger charge is 2.59. The summed E-state index contributed by atoms with van der Waals surface area (Å²) in [4.78, 5) is 28.2. The Morgan fingerprint density at radius 1 is 1.10 bits per heavy atom. The molecule has 39 heavy (non-hydrogen) atoms. The number of aromatic nitrogens is 5. The van der Waals surface area contributed by atoms with Gasteiger partial charge >= 0.3 is 0 Å². The molecule has 3 atom stereocenters. The number of piperidine rings is 1. The lowest BCUT2D eigenvalue weighted by Crippen LogP contribution is -2.33. The lowest BCUT2D eigenvalue weighted by Gasteiger charge is -2.22. The molecular formula is C28H28FN7O3. The van der Waals surface area contributed by atoms with Crippen LogP contribution in [0.5, 0.6) is 11.8 Å². The van der Waals surface area contributed by atoms with Crippen molar-refractivity contribution < 1.29 is 18.7 Å². The van der Waals surface area contributed by atoms with E-state index in [2.05, 4.69) is 15.1 Å². The minimum atomic E-state index is -0.618. The van der Waals surface area contributed by atoms with Crippen molar-refractivity contribution in [2.24, 2.45) is 17.6 Å². The number of rotatable bonds is 7. The van der Waals surface area contributed by atoms with E-state index in [1.54, 1.807) is 41.7 Å². The highest BCUT2D eigenvalue weighted by Crippen LogP contribution is 2.48. The molecule has 2 fully saturated rings. The van der Waals surface area contributed by atoms with Crippen molar-refractivity contribution in [3.05, 3.63) is 78.0 Å². The van der Waals surface area contributed by atoms with Crippen LogP contribution in [-0.2, 0) is 5.54 Å². The topological polar surface area (TPSA) is 121 Å². The van der Waals surface area contributed by atoms with Gasteiger partial charge in [-0.15, -0.1) is 5.10 Å². The van der Waals surface area contributed by atoms with Crippen LogP contribution < -0.4 is 15.2 Å². The number of carbonyl (C=O) groups excluding carboxylic acids is 1. The van der Waals surface area contributed by atoms with Crippen LogP contribution in [-0.4, -0.2) is 61.8 Å². The van der Waals surface area contributed by atoms with E-state index >= 15 is 0 Å². The molecule has 0 bridgehead atoms. The molecule has 1 amide bonds. The standard InChI is InChI=1S/C28H28FN7O3/c1-28(2,30)17-11-22(16-5-7-18(29)8-6-16)33-23(12-17)39-24-19-13-35(14-20(19)24)26(37)21-15-36(34-25(21)38-3)27-31-9-4-10-32-27/h4-12,15,19-20,24H,13-14,30H2,1-3H3/t19-,20+,24+. The molecule has 4 heterocycles. The van der Waals surface area contributed by atoms with E-state index in [1.165, 1.54) is 23.9 Å². The van der Waals surface area contributed by atoms with Crippen molar-refractivity contribution in [3.8, 4) is 29.0 Å². The fraction of sp³-hybridized carbons (Fsp3) is 0.321. The van der Waals surface area contributed by atoms with E-state index in [0.29, 0.717) is 36.2 Å². The Bertz CT molecular complexity index is 1510. The second-order valence-corrected chi connectivity index (χ2v) is 10.5. The van der Waals surface area contributed by atoms with Gasteiger partial charge in [-0.3, -0.25) is 4.79 Å². The van der Waals surface area contributed by atoms with Gasteiger partial charge in [0.25, 0.3) is 11.9 Å². The highest BCUT2D eigenvalue weighted by molar-refractivity contribution is 5.96. The van der Waals surface area contributed by atoms with Crippen LogP contribution in [0.1, 0.15) is 29.8 Å². The van der Waals surface area contributed by atoms with E-state index in [-0.39, 0.29) is 35.5 Å². The molecule has 11 heteroatoms. The maximum atomic E-state index is 13.5. The lowest BCUT2D eigenvalue weighted by atomic mass is 9.95. The summed E-state index contributed by atoms with van der Waals surface area (Å²) in [7, 11) is 1.48. The van der Waals surface area contributed by atoms with Gasteiger partial charge in [0.15, 0.2) is 0 Å². The molecule has 0 spiro atoms. The summed E-state index contributed by atoms with van der Waals surface area (Å²) >= 11 is 0. The summed E-state index contributed by atoms with van der Waals surface area (Å²) in [5.41, 5.74) is 8.43. The third kappa shape index (κ3) is 4.81. The zero-order valence-electron chi connectivity index (χ0n) is 21.8. The Morgan fingerprint density at radius 3 is 2.44 bits per heavy atom. The first-order valence-electron chi connectivity index (χ1n) is 12.7. The number of methoxy groups -OCH3 is 1. The normalized spacial score (nSPS) is 20.0. The van der Waals surface area contributed by atoms with Gasteiger partial charge in [-0.25, -0.2) is 24.0 Å². The number of hydrogen-bond donors (Lipinski definition) is 1. The number of nitrogens with zero attached hydrogens (tertiary/aromatic N) is 6. The number of benzene rings is 1. The molecule has 6 rings (SSSR count). The summed E-state index contributed by atoms with van der Waals surface area (Å²) in [5, 5.41) is 4.32. The first-order chi connectivity index (χ1) is 18.7. The van der Waals surface area contributed by atoms with Gasteiger partial charge < -0.3 is 20.1 Å². The maximum absolute atomic E-state index is 13.5. The summed E-state index contributed by atoms with van der Waals surface area (Å²) < 4.78 is 26.6. The van der Waals surface area contributed by atoms with E-state index in [0.717, 1.165) is 11.1 Å². The number of fused-ring (bicyclic) bond motifs is 1. The first kappa shape index (κ1) is 24.9. The minimum Gasteiger partial charge on any atom is -0.479 e. The Kier molecular flexibility index (Phi) is 6.02. The number of pyridine rings is 1. The van der Waals surface area contributed by atoms with Gasteiger partial charge in [-0.2, -0.15) is 0 Å². The van der Waals surface area contributed by atoms with E-state index in [4.69, 9.17) is 20.2 Å². The van der Waals surface area contributed by atoms with E-state index in [1.807, 2.05) is 26.0 Å².